The van der Waals surface area contributed by atoms with Crippen LogP contribution in [0, 0.1) is 0 Å². The Hall–Kier alpha value is -3.31. The number of carbonyl (C=O) groups excluding carboxylic acids is 2. The third-order valence-electron chi connectivity index (χ3n) is 4.92. The topological polar surface area (TPSA) is 49.9 Å². The average molecular weight is 407 g/mol. The van der Waals surface area contributed by atoms with Gasteiger partial charge in [0, 0.05) is 10.7 Å². The minimum Gasteiger partial charge on any atom is -0.495 e. The van der Waals surface area contributed by atoms with Crippen molar-refractivity contribution >= 4 is 34.8 Å². The van der Waals surface area contributed by atoms with Crippen LogP contribution in [0.25, 0.3) is 0 Å². The molecular weight excluding hydrogens is 388 g/mol. The normalized spacial score (nSPS) is 16.8. The summed E-state index contributed by atoms with van der Waals surface area (Å²) in [7, 11) is 1.55. The lowest BCUT2D eigenvalue weighted by molar-refractivity contribution is -0.128. The van der Waals surface area contributed by atoms with Gasteiger partial charge >= 0.3 is 0 Å². The monoisotopic (exact) mass is 406 g/mol. The number of piperazine rings is 1. The van der Waals surface area contributed by atoms with Crippen molar-refractivity contribution in [3.63, 3.8) is 0 Å². The van der Waals surface area contributed by atoms with Crippen LogP contribution in [-0.4, -0.2) is 25.5 Å². The van der Waals surface area contributed by atoms with Crippen LogP contribution in [0.1, 0.15) is 11.6 Å². The summed E-state index contributed by atoms with van der Waals surface area (Å²) in [5, 5.41) is 0.566. The van der Waals surface area contributed by atoms with Gasteiger partial charge in [0.25, 0.3) is 5.91 Å². The third-order valence-corrected chi connectivity index (χ3v) is 5.17. The summed E-state index contributed by atoms with van der Waals surface area (Å²) >= 11 is 6.01. The van der Waals surface area contributed by atoms with E-state index in [-0.39, 0.29) is 18.4 Å². The first-order chi connectivity index (χ1) is 14.1. The second kappa shape index (κ2) is 7.97. The lowest BCUT2D eigenvalue weighted by Gasteiger charge is -2.40. The molecule has 0 radical (unpaired) electrons. The van der Waals surface area contributed by atoms with E-state index in [9.17, 15) is 9.59 Å². The zero-order valence-corrected chi connectivity index (χ0v) is 16.5. The lowest BCUT2D eigenvalue weighted by Crippen LogP contribution is -2.56. The van der Waals surface area contributed by atoms with Gasteiger partial charge < -0.3 is 4.74 Å². The predicted octanol–water partition coefficient (Wildman–Crippen LogP) is 4.47. The number of methoxy groups -OCH3 is 1. The van der Waals surface area contributed by atoms with Gasteiger partial charge in [0.05, 0.1) is 12.8 Å². The Balaban J connectivity index is 1.82. The summed E-state index contributed by atoms with van der Waals surface area (Å²) < 4.78 is 5.41. The summed E-state index contributed by atoms with van der Waals surface area (Å²) in [5.41, 5.74) is 1.94. The zero-order valence-electron chi connectivity index (χ0n) is 15.8. The van der Waals surface area contributed by atoms with E-state index in [0.717, 1.165) is 5.56 Å². The number of carbonyl (C=O) groups is 2. The van der Waals surface area contributed by atoms with Crippen molar-refractivity contribution in [2.45, 2.75) is 6.04 Å². The first kappa shape index (κ1) is 19.0. The Kier molecular flexibility index (Phi) is 5.23. The van der Waals surface area contributed by atoms with Crippen LogP contribution in [0.15, 0.2) is 78.9 Å². The fraction of sp³-hybridized carbons (Fsp3) is 0.130. The number of para-hydroxylation sites is 2. The summed E-state index contributed by atoms with van der Waals surface area (Å²) in [4.78, 5) is 29.9. The summed E-state index contributed by atoms with van der Waals surface area (Å²) in [6, 6.07) is 22.6. The molecule has 0 aromatic heterocycles. The molecule has 1 saturated heterocycles. The van der Waals surface area contributed by atoms with Gasteiger partial charge in [0.2, 0.25) is 5.91 Å². The van der Waals surface area contributed by atoms with E-state index in [4.69, 9.17) is 16.3 Å². The van der Waals surface area contributed by atoms with Crippen LogP contribution in [-0.2, 0) is 9.59 Å². The molecular formula is C23H19ClN2O3. The molecule has 2 amide bonds. The van der Waals surface area contributed by atoms with Crippen LogP contribution in [0.5, 0.6) is 5.75 Å². The zero-order chi connectivity index (χ0) is 20.4. The quantitative estimate of drug-likeness (QED) is 0.642. The lowest BCUT2D eigenvalue weighted by atomic mass is 9.99. The highest BCUT2D eigenvalue weighted by Crippen LogP contribution is 2.37. The van der Waals surface area contributed by atoms with Gasteiger partial charge in [-0.3, -0.25) is 19.4 Å². The van der Waals surface area contributed by atoms with Crippen LogP contribution in [0.2, 0.25) is 5.02 Å². The molecule has 6 heteroatoms. The smallest absolute Gasteiger partial charge is 0.255 e. The van der Waals surface area contributed by atoms with Crippen molar-refractivity contribution in [1.82, 2.24) is 0 Å². The molecule has 146 valence electrons. The Morgan fingerprint density at radius 2 is 1.55 bits per heavy atom. The van der Waals surface area contributed by atoms with Gasteiger partial charge in [-0.1, -0.05) is 54.1 Å². The third kappa shape index (κ3) is 3.57. The Morgan fingerprint density at radius 1 is 0.897 bits per heavy atom. The second-order valence-electron chi connectivity index (χ2n) is 6.65. The van der Waals surface area contributed by atoms with E-state index in [1.165, 1.54) is 4.90 Å². The van der Waals surface area contributed by atoms with Crippen molar-refractivity contribution in [2.24, 2.45) is 0 Å². The minimum absolute atomic E-state index is 0.0782. The Bertz CT molecular complexity index is 1040. The van der Waals surface area contributed by atoms with Gasteiger partial charge in [-0.25, -0.2) is 0 Å². The van der Waals surface area contributed by atoms with E-state index >= 15 is 0 Å². The molecule has 29 heavy (non-hydrogen) atoms. The highest BCUT2D eigenvalue weighted by Gasteiger charge is 2.42. The van der Waals surface area contributed by atoms with Crippen LogP contribution in [0.4, 0.5) is 11.4 Å². The molecule has 4 rings (SSSR count). The maximum absolute atomic E-state index is 13.6. The van der Waals surface area contributed by atoms with Gasteiger partial charge in [0.15, 0.2) is 0 Å². The molecule has 1 fully saturated rings. The molecule has 1 aliphatic rings. The number of benzene rings is 3. The highest BCUT2D eigenvalue weighted by atomic mass is 35.5. The molecule has 1 aliphatic heterocycles. The summed E-state index contributed by atoms with van der Waals surface area (Å²) in [6.07, 6.45) is 0. The van der Waals surface area contributed by atoms with Gasteiger partial charge in [0.1, 0.15) is 18.3 Å². The van der Waals surface area contributed by atoms with Crippen LogP contribution >= 0.6 is 11.6 Å². The van der Waals surface area contributed by atoms with Crippen molar-refractivity contribution in [2.75, 3.05) is 23.5 Å². The maximum atomic E-state index is 13.6. The molecule has 1 atom stereocenters. The maximum Gasteiger partial charge on any atom is 0.255 e. The van der Waals surface area contributed by atoms with E-state index in [1.54, 1.807) is 48.4 Å². The molecule has 0 saturated carbocycles. The molecule has 5 nitrogen and oxygen atoms in total. The summed E-state index contributed by atoms with van der Waals surface area (Å²) in [5.74, 6) is 0.155. The average Bonchev–Trinajstić information content (AvgIpc) is 2.76. The largest absolute Gasteiger partial charge is 0.495 e. The van der Waals surface area contributed by atoms with Crippen LogP contribution < -0.4 is 14.5 Å². The van der Waals surface area contributed by atoms with E-state index in [1.807, 2.05) is 42.5 Å². The molecule has 1 unspecified atom stereocenters. The first-order valence-corrected chi connectivity index (χ1v) is 9.55. The van der Waals surface area contributed by atoms with Crippen molar-refractivity contribution in [3.8, 4) is 5.75 Å². The fourth-order valence-corrected chi connectivity index (χ4v) is 3.70. The molecule has 0 aliphatic carbocycles. The van der Waals surface area contributed by atoms with Gasteiger partial charge in [-0.05, 0) is 42.0 Å². The van der Waals surface area contributed by atoms with E-state index in [0.29, 0.717) is 22.1 Å². The number of hydrogen-bond acceptors (Lipinski definition) is 3. The predicted molar refractivity (Wildman–Crippen MR) is 113 cm³/mol. The van der Waals surface area contributed by atoms with E-state index in [2.05, 4.69) is 0 Å². The molecule has 1 heterocycles. The van der Waals surface area contributed by atoms with Crippen molar-refractivity contribution in [3.05, 3.63) is 89.4 Å². The number of amides is 2. The van der Waals surface area contributed by atoms with Crippen molar-refractivity contribution in [1.29, 1.82) is 0 Å². The molecule has 3 aromatic rings. The molecule has 0 bridgehead atoms. The minimum atomic E-state index is -0.788. The number of rotatable bonds is 4. The number of anilines is 2. The summed E-state index contributed by atoms with van der Waals surface area (Å²) in [6.45, 7) is -0.0782. The van der Waals surface area contributed by atoms with Crippen LogP contribution in [0.3, 0.4) is 0 Å². The SMILES string of the molecule is COc1ccccc1N1CC(=O)N(c2ccc(Cl)cc2)C(c2ccccc2)C1=O. The molecule has 0 spiro atoms. The number of halogens is 1. The second-order valence-corrected chi connectivity index (χ2v) is 7.09. The van der Waals surface area contributed by atoms with Gasteiger partial charge in [-0.15, -0.1) is 0 Å². The number of ether oxygens (including phenoxy) is 1. The number of hydrogen-bond donors (Lipinski definition) is 0. The van der Waals surface area contributed by atoms with E-state index < -0.39 is 6.04 Å². The Morgan fingerprint density at radius 3 is 2.24 bits per heavy atom. The van der Waals surface area contributed by atoms with Crippen molar-refractivity contribution < 1.29 is 14.3 Å². The Labute approximate surface area is 174 Å². The molecule has 0 N–H and O–H groups in total. The highest BCUT2D eigenvalue weighted by molar-refractivity contribution is 6.30. The molecule has 3 aromatic carbocycles. The van der Waals surface area contributed by atoms with Gasteiger partial charge in [-0.2, -0.15) is 0 Å². The standard InChI is InChI=1S/C23H19ClN2O3/c1-29-20-10-6-5-9-19(20)25-15-21(27)26(18-13-11-17(24)12-14-18)22(23(25)28)16-7-3-2-4-8-16/h2-14,22H,15H2,1H3. The first-order valence-electron chi connectivity index (χ1n) is 9.17. The fourth-order valence-electron chi connectivity index (χ4n) is 3.57. The number of nitrogens with zero attached hydrogens (tertiary/aromatic N) is 2.